The van der Waals surface area contributed by atoms with E-state index in [2.05, 4.69) is 4.74 Å². The van der Waals surface area contributed by atoms with Crippen molar-refractivity contribution in [3.63, 3.8) is 0 Å². The fourth-order valence-electron chi connectivity index (χ4n) is 1.32. The third-order valence-corrected chi connectivity index (χ3v) is 2.25. The van der Waals surface area contributed by atoms with Crippen molar-refractivity contribution in [2.45, 2.75) is 19.1 Å². The number of carbonyl (C=O) groups excluding carboxylic acids is 1. The van der Waals surface area contributed by atoms with Crippen LogP contribution in [0.3, 0.4) is 0 Å². The van der Waals surface area contributed by atoms with Crippen LogP contribution >= 0.6 is 0 Å². The molecule has 0 aliphatic carbocycles. The molecule has 0 spiro atoms. The second-order valence-electron chi connectivity index (χ2n) is 3.41. The van der Waals surface area contributed by atoms with Crippen molar-refractivity contribution in [1.82, 2.24) is 0 Å². The van der Waals surface area contributed by atoms with Crippen LogP contribution < -0.4 is 5.73 Å². The number of rotatable bonds is 4. The molecule has 17 heavy (non-hydrogen) atoms. The number of carbonyl (C=O) groups is 1. The van der Waals surface area contributed by atoms with Crippen LogP contribution in [0.4, 0.5) is 4.39 Å². The van der Waals surface area contributed by atoms with Crippen LogP contribution in [0, 0.1) is 11.3 Å². The highest BCUT2D eigenvalue weighted by Crippen LogP contribution is 2.18. The number of halogens is 1. The van der Waals surface area contributed by atoms with Crippen molar-refractivity contribution in [3.8, 4) is 6.07 Å². The molecule has 2 N–H and O–H groups in total. The molecule has 0 radical (unpaired) electrons. The highest BCUT2D eigenvalue weighted by atomic mass is 19.1. The van der Waals surface area contributed by atoms with Gasteiger partial charge in [0.1, 0.15) is 0 Å². The fourth-order valence-corrected chi connectivity index (χ4v) is 1.32. The Kier molecular flexibility index (Phi) is 4.61. The van der Waals surface area contributed by atoms with Crippen LogP contribution in [0.1, 0.15) is 24.1 Å². The maximum Gasteiger partial charge on any atom is 0.342 e. The number of alkyl halides is 1. The maximum absolute atomic E-state index is 13.6. The van der Waals surface area contributed by atoms with Gasteiger partial charge in [0.15, 0.2) is 0 Å². The van der Waals surface area contributed by atoms with Gasteiger partial charge in [-0.15, -0.1) is 0 Å². The molecule has 1 aromatic carbocycles. The third kappa shape index (κ3) is 3.26. The van der Waals surface area contributed by atoms with Crippen molar-refractivity contribution < 1.29 is 13.9 Å². The minimum Gasteiger partial charge on any atom is -0.464 e. The van der Waals surface area contributed by atoms with Crippen LogP contribution in [0.15, 0.2) is 24.3 Å². The summed E-state index contributed by atoms with van der Waals surface area (Å²) < 4.78 is 18.1. The number of benzene rings is 1. The van der Waals surface area contributed by atoms with E-state index in [0.29, 0.717) is 11.1 Å². The number of nitrogens with two attached hydrogens (primary N) is 1. The molecule has 90 valence electrons. The lowest BCUT2D eigenvalue weighted by Gasteiger charge is -2.15. The van der Waals surface area contributed by atoms with E-state index in [1.807, 2.05) is 6.07 Å². The fraction of sp³-hybridized carbons (Fsp3) is 0.333. The van der Waals surface area contributed by atoms with Gasteiger partial charge < -0.3 is 10.5 Å². The van der Waals surface area contributed by atoms with Gasteiger partial charge in [-0.3, -0.25) is 0 Å². The number of nitrogens with zero attached hydrogens (tertiary/aromatic N) is 1. The van der Waals surface area contributed by atoms with Gasteiger partial charge in [-0.1, -0.05) is 12.1 Å². The Balaban J connectivity index is 2.78. The summed E-state index contributed by atoms with van der Waals surface area (Å²) in [6, 6.07) is 6.95. The molecule has 0 fully saturated rings. The molecule has 1 aromatic rings. The Bertz CT molecular complexity index is 425. The van der Waals surface area contributed by atoms with Crippen molar-refractivity contribution >= 4 is 5.97 Å². The molecule has 1 rings (SSSR count). The van der Waals surface area contributed by atoms with E-state index in [1.165, 1.54) is 24.3 Å². The molecule has 5 heteroatoms. The molecule has 0 aromatic heterocycles. The van der Waals surface area contributed by atoms with E-state index in [9.17, 15) is 9.18 Å². The molecule has 0 heterocycles. The topological polar surface area (TPSA) is 76.1 Å². The average molecular weight is 236 g/mol. The van der Waals surface area contributed by atoms with Crippen LogP contribution in [-0.2, 0) is 9.53 Å². The highest BCUT2D eigenvalue weighted by Gasteiger charge is 2.27. The predicted molar refractivity (Wildman–Crippen MR) is 59.6 cm³/mol. The van der Waals surface area contributed by atoms with E-state index < -0.39 is 18.2 Å². The molecular formula is C12H13FN2O2. The first kappa shape index (κ1) is 13.1. The van der Waals surface area contributed by atoms with Gasteiger partial charge in [-0.05, 0) is 24.6 Å². The zero-order chi connectivity index (χ0) is 12.8. The molecule has 1 unspecified atom stereocenters. The average Bonchev–Trinajstić information content (AvgIpc) is 2.37. The van der Waals surface area contributed by atoms with E-state index in [1.54, 1.807) is 6.92 Å². The lowest BCUT2D eigenvalue weighted by molar-refractivity contribution is -0.149. The lowest BCUT2D eigenvalue weighted by atomic mass is 10.0. The van der Waals surface area contributed by atoms with Gasteiger partial charge >= 0.3 is 5.97 Å². The Labute approximate surface area is 98.8 Å². The molecule has 0 amide bonds. The molecular weight excluding hydrogens is 223 g/mol. The second-order valence-corrected chi connectivity index (χ2v) is 3.41. The second kappa shape index (κ2) is 5.97. The summed E-state index contributed by atoms with van der Waals surface area (Å²) in [5, 5.41) is 8.61. The Hall–Kier alpha value is -1.93. The molecule has 0 saturated carbocycles. The Morgan fingerprint density at radius 3 is 2.59 bits per heavy atom. The largest absolute Gasteiger partial charge is 0.464 e. The number of nitriles is 1. The van der Waals surface area contributed by atoms with Crippen molar-refractivity contribution in [3.05, 3.63) is 35.4 Å². The standard InChI is InChI=1S/C12H13FN2O2/c1-2-17-12(16)10(13)11(15)9-5-3-8(7-14)4-6-9/h3-6,10-11H,2,15H2,1H3/t10?,11-/m1/s1. The minimum atomic E-state index is -1.90. The van der Waals surface area contributed by atoms with E-state index in [-0.39, 0.29) is 6.61 Å². The van der Waals surface area contributed by atoms with Crippen molar-refractivity contribution in [1.29, 1.82) is 5.26 Å². The van der Waals surface area contributed by atoms with E-state index >= 15 is 0 Å². The number of hydrogen-bond acceptors (Lipinski definition) is 4. The van der Waals surface area contributed by atoms with Gasteiger partial charge in [0.25, 0.3) is 0 Å². The Morgan fingerprint density at radius 1 is 1.53 bits per heavy atom. The van der Waals surface area contributed by atoms with Crippen LogP contribution in [-0.4, -0.2) is 18.7 Å². The summed E-state index contributed by atoms with van der Waals surface area (Å²) in [5.74, 6) is -0.968. The van der Waals surface area contributed by atoms with Crippen LogP contribution in [0.25, 0.3) is 0 Å². The van der Waals surface area contributed by atoms with Crippen molar-refractivity contribution in [2.24, 2.45) is 5.73 Å². The zero-order valence-electron chi connectivity index (χ0n) is 9.39. The van der Waals surface area contributed by atoms with Crippen LogP contribution in [0.2, 0.25) is 0 Å². The first-order valence-corrected chi connectivity index (χ1v) is 5.16. The first-order valence-electron chi connectivity index (χ1n) is 5.16. The summed E-state index contributed by atoms with van der Waals surface area (Å²) in [5.41, 5.74) is 6.50. The zero-order valence-corrected chi connectivity index (χ0v) is 9.39. The number of hydrogen-bond donors (Lipinski definition) is 1. The predicted octanol–water partition coefficient (Wildman–Crippen LogP) is 1.46. The van der Waals surface area contributed by atoms with Gasteiger partial charge in [0, 0.05) is 0 Å². The third-order valence-electron chi connectivity index (χ3n) is 2.25. The number of esters is 1. The SMILES string of the molecule is CCOC(=O)C(F)[C@H](N)c1ccc(C#N)cc1. The molecule has 0 bridgehead atoms. The van der Waals surface area contributed by atoms with E-state index in [0.717, 1.165) is 0 Å². The molecule has 4 nitrogen and oxygen atoms in total. The minimum absolute atomic E-state index is 0.110. The maximum atomic E-state index is 13.6. The summed E-state index contributed by atoms with van der Waals surface area (Å²) in [7, 11) is 0. The number of ether oxygens (including phenoxy) is 1. The van der Waals surface area contributed by atoms with Gasteiger partial charge in [-0.2, -0.15) is 5.26 Å². The molecule has 0 aliphatic heterocycles. The summed E-state index contributed by atoms with van der Waals surface area (Å²) in [6.07, 6.45) is -1.90. The monoisotopic (exact) mass is 236 g/mol. The first-order chi connectivity index (χ1) is 8.10. The van der Waals surface area contributed by atoms with Gasteiger partial charge in [0.2, 0.25) is 6.17 Å². The molecule has 0 saturated heterocycles. The summed E-state index contributed by atoms with van der Waals surface area (Å²) in [6.45, 7) is 1.71. The highest BCUT2D eigenvalue weighted by molar-refractivity contribution is 5.75. The van der Waals surface area contributed by atoms with Crippen LogP contribution in [0.5, 0.6) is 0 Å². The van der Waals surface area contributed by atoms with Gasteiger partial charge in [0.05, 0.1) is 24.3 Å². The lowest BCUT2D eigenvalue weighted by Crippen LogP contribution is -2.31. The normalized spacial score (nSPS) is 13.5. The van der Waals surface area contributed by atoms with E-state index in [4.69, 9.17) is 11.0 Å². The molecule has 2 atom stereocenters. The Morgan fingerprint density at radius 2 is 2.12 bits per heavy atom. The summed E-state index contributed by atoms with van der Waals surface area (Å²) in [4.78, 5) is 11.2. The summed E-state index contributed by atoms with van der Waals surface area (Å²) >= 11 is 0. The smallest absolute Gasteiger partial charge is 0.342 e. The molecule has 0 aliphatic rings. The van der Waals surface area contributed by atoms with Gasteiger partial charge in [-0.25, -0.2) is 9.18 Å². The van der Waals surface area contributed by atoms with Crippen molar-refractivity contribution in [2.75, 3.05) is 6.61 Å². The quantitative estimate of drug-likeness (QED) is 0.803.